The molecule has 6 heteroatoms. The van der Waals surface area contributed by atoms with E-state index in [1.165, 1.54) is 11.9 Å². The normalized spacial score (nSPS) is 20.2. The van der Waals surface area contributed by atoms with Crippen LogP contribution in [0.25, 0.3) is 0 Å². The van der Waals surface area contributed by atoms with Crippen LogP contribution in [0.2, 0.25) is 0 Å². The van der Waals surface area contributed by atoms with Crippen molar-refractivity contribution in [2.24, 2.45) is 11.7 Å². The van der Waals surface area contributed by atoms with Crippen LogP contribution in [0.5, 0.6) is 0 Å². The lowest BCUT2D eigenvalue weighted by Crippen LogP contribution is -2.30. The second-order valence-electron chi connectivity index (χ2n) is 5.74. The van der Waals surface area contributed by atoms with E-state index in [1.54, 1.807) is 6.20 Å². The highest BCUT2D eigenvalue weighted by molar-refractivity contribution is 5.95. The molecule has 2 N–H and O–H groups in total. The number of carbonyl (C=O) groups is 1. The standard InChI is InChI=1S/C17H20N4O.ClH/c1-12-15(8-19-11-20-12)17(22)21-9-14(7-18)16(10-21)13-5-3-2-4-6-13;/h2-6,8,11,14,16H,7,9-10,18H2,1H3;1H/t14-,16+;/m1./s1. The molecular formula is C17H21ClN4O. The first-order valence-electron chi connectivity index (χ1n) is 7.51. The Morgan fingerprint density at radius 3 is 2.70 bits per heavy atom. The maximum Gasteiger partial charge on any atom is 0.257 e. The number of aryl methyl sites for hydroxylation is 1. The Labute approximate surface area is 142 Å². The minimum Gasteiger partial charge on any atom is -0.338 e. The van der Waals surface area contributed by atoms with E-state index in [4.69, 9.17) is 5.73 Å². The van der Waals surface area contributed by atoms with Gasteiger partial charge in [0.15, 0.2) is 0 Å². The summed E-state index contributed by atoms with van der Waals surface area (Å²) in [6.45, 7) is 3.79. The summed E-state index contributed by atoms with van der Waals surface area (Å²) < 4.78 is 0. The first kappa shape index (κ1) is 17.4. The lowest BCUT2D eigenvalue weighted by Gasteiger charge is -2.17. The monoisotopic (exact) mass is 332 g/mol. The third kappa shape index (κ3) is 3.51. The molecule has 2 heterocycles. The van der Waals surface area contributed by atoms with Crippen molar-refractivity contribution in [1.29, 1.82) is 0 Å². The molecule has 1 aromatic carbocycles. The SMILES string of the molecule is Cc1ncncc1C(=O)N1C[C@@H](CN)[C@H](c2ccccc2)C1.Cl. The molecule has 0 saturated carbocycles. The number of hydrogen-bond acceptors (Lipinski definition) is 4. The van der Waals surface area contributed by atoms with Gasteiger partial charge in [0, 0.05) is 25.2 Å². The van der Waals surface area contributed by atoms with Gasteiger partial charge in [0.05, 0.1) is 11.3 Å². The molecule has 1 aliphatic heterocycles. The van der Waals surface area contributed by atoms with Gasteiger partial charge in [-0.3, -0.25) is 4.79 Å². The largest absolute Gasteiger partial charge is 0.338 e. The van der Waals surface area contributed by atoms with Gasteiger partial charge in [-0.1, -0.05) is 30.3 Å². The summed E-state index contributed by atoms with van der Waals surface area (Å²) in [6.07, 6.45) is 3.06. The summed E-state index contributed by atoms with van der Waals surface area (Å²) in [5, 5.41) is 0. The molecule has 122 valence electrons. The number of carbonyl (C=O) groups excluding carboxylic acids is 1. The third-order valence-electron chi connectivity index (χ3n) is 4.40. The highest BCUT2D eigenvalue weighted by atomic mass is 35.5. The van der Waals surface area contributed by atoms with Crippen molar-refractivity contribution in [2.75, 3.05) is 19.6 Å². The number of benzene rings is 1. The van der Waals surface area contributed by atoms with Crippen molar-refractivity contribution >= 4 is 18.3 Å². The van der Waals surface area contributed by atoms with Gasteiger partial charge in [-0.05, 0) is 24.9 Å². The molecule has 0 bridgehead atoms. The van der Waals surface area contributed by atoms with Gasteiger partial charge in [-0.15, -0.1) is 12.4 Å². The Balaban J connectivity index is 0.00000192. The molecule has 0 unspecified atom stereocenters. The molecule has 0 radical (unpaired) electrons. The van der Waals surface area contributed by atoms with Crippen LogP contribution in [0, 0.1) is 12.8 Å². The van der Waals surface area contributed by atoms with Crippen molar-refractivity contribution in [1.82, 2.24) is 14.9 Å². The molecule has 0 spiro atoms. The first-order valence-corrected chi connectivity index (χ1v) is 7.51. The highest BCUT2D eigenvalue weighted by Gasteiger charge is 2.36. The van der Waals surface area contributed by atoms with Crippen LogP contribution in [0.15, 0.2) is 42.9 Å². The molecule has 5 nitrogen and oxygen atoms in total. The molecule has 1 fully saturated rings. The van der Waals surface area contributed by atoms with E-state index >= 15 is 0 Å². The zero-order valence-corrected chi connectivity index (χ0v) is 13.9. The average Bonchev–Trinajstić information content (AvgIpc) is 3.00. The zero-order valence-electron chi connectivity index (χ0n) is 13.1. The van der Waals surface area contributed by atoms with Gasteiger partial charge in [0.25, 0.3) is 5.91 Å². The highest BCUT2D eigenvalue weighted by Crippen LogP contribution is 2.32. The molecule has 2 atom stereocenters. The minimum atomic E-state index is -0.00465. The number of nitrogens with two attached hydrogens (primary N) is 1. The number of hydrogen-bond donors (Lipinski definition) is 1. The Hall–Kier alpha value is -1.98. The van der Waals surface area contributed by atoms with Gasteiger partial charge in [0.2, 0.25) is 0 Å². The predicted molar refractivity (Wildman–Crippen MR) is 91.6 cm³/mol. The summed E-state index contributed by atoms with van der Waals surface area (Å²) in [4.78, 5) is 22.7. The second kappa shape index (κ2) is 7.53. The van der Waals surface area contributed by atoms with Gasteiger partial charge >= 0.3 is 0 Å². The van der Waals surface area contributed by atoms with Crippen LogP contribution in [0.3, 0.4) is 0 Å². The Kier molecular flexibility index (Phi) is 5.69. The predicted octanol–water partition coefficient (Wildman–Crippen LogP) is 2.02. The van der Waals surface area contributed by atoms with Crippen molar-refractivity contribution in [3.8, 4) is 0 Å². The zero-order chi connectivity index (χ0) is 15.5. The van der Waals surface area contributed by atoms with E-state index in [0.29, 0.717) is 36.8 Å². The summed E-state index contributed by atoms with van der Waals surface area (Å²) >= 11 is 0. The van der Waals surface area contributed by atoms with E-state index in [2.05, 4.69) is 22.1 Å². The maximum absolute atomic E-state index is 12.7. The molecule has 1 aliphatic rings. The fourth-order valence-electron chi connectivity index (χ4n) is 3.12. The lowest BCUT2D eigenvalue weighted by molar-refractivity contribution is 0.0784. The van der Waals surface area contributed by atoms with E-state index in [1.807, 2.05) is 30.0 Å². The van der Waals surface area contributed by atoms with Crippen molar-refractivity contribution in [2.45, 2.75) is 12.8 Å². The third-order valence-corrected chi connectivity index (χ3v) is 4.40. The number of amides is 1. The molecule has 1 saturated heterocycles. The molecule has 1 amide bonds. The smallest absolute Gasteiger partial charge is 0.257 e. The summed E-state index contributed by atoms with van der Waals surface area (Å²) in [7, 11) is 0. The van der Waals surface area contributed by atoms with Crippen LogP contribution < -0.4 is 5.73 Å². The Morgan fingerprint density at radius 2 is 2.04 bits per heavy atom. The van der Waals surface area contributed by atoms with Crippen molar-refractivity contribution < 1.29 is 4.79 Å². The Bertz CT molecular complexity index is 665. The van der Waals surface area contributed by atoms with Crippen molar-refractivity contribution in [3.05, 3.63) is 59.7 Å². The number of likely N-dealkylation sites (tertiary alicyclic amines) is 1. The van der Waals surface area contributed by atoms with Crippen LogP contribution in [0.1, 0.15) is 27.5 Å². The maximum atomic E-state index is 12.7. The van der Waals surface area contributed by atoms with E-state index < -0.39 is 0 Å². The Morgan fingerprint density at radius 1 is 1.30 bits per heavy atom. The van der Waals surface area contributed by atoms with Gasteiger partial charge in [-0.25, -0.2) is 9.97 Å². The van der Waals surface area contributed by atoms with E-state index in [-0.39, 0.29) is 24.2 Å². The number of aromatic nitrogens is 2. The molecule has 0 aliphatic carbocycles. The fourth-order valence-corrected chi connectivity index (χ4v) is 3.12. The molecule has 2 aromatic rings. The summed E-state index contributed by atoms with van der Waals surface area (Å²) in [6, 6.07) is 10.3. The van der Waals surface area contributed by atoms with Crippen molar-refractivity contribution in [3.63, 3.8) is 0 Å². The van der Waals surface area contributed by atoms with E-state index in [0.717, 1.165) is 0 Å². The second-order valence-corrected chi connectivity index (χ2v) is 5.74. The lowest BCUT2D eigenvalue weighted by atomic mass is 9.89. The molecule has 3 rings (SSSR count). The number of halogens is 1. The van der Waals surface area contributed by atoms with Gasteiger partial charge < -0.3 is 10.6 Å². The summed E-state index contributed by atoms with van der Waals surface area (Å²) in [5.74, 6) is 0.575. The minimum absolute atomic E-state index is 0. The topological polar surface area (TPSA) is 72.1 Å². The van der Waals surface area contributed by atoms with Gasteiger partial charge in [-0.2, -0.15) is 0 Å². The quantitative estimate of drug-likeness (QED) is 0.933. The van der Waals surface area contributed by atoms with Crippen LogP contribution in [0.4, 0.5) is 0 Å². The fraction of sp³-hybridized carbons (Fsp3) is 0.353. The number of rotatable bonds is 3. The summed E-state index contributed by atoms with van der Waals surface area (Å²) in [5.41, 5.74) is 8.47. The van der Waals surface area contributed by atoms with E-state index in [9.17, 15) is 4.79 Å². The molecule has 23 heavy (non-hydrogen) atoms. The first-order chi connectivity index (χ1) is 10.7. The van der Waals surface area contributed by atoms with Crippen LogP contribution >= 0.6 is 12.4 Å². The van der Waals surface area contributed by atoms with Gasteiger partial charge in [0.1, 0.15) is 6.33 Å². The average molecular weight is 333 g/mol. The number of nitrogens with zero attached hydrogens (tertiary/aromatic N) is 3. The van der Waals surface area contributed by atoms with Crippen LogP contribution in [-0.4, -0.2) is 40.4 Å². The van der Waals surface area contributed by atoms with Crippen LogP contribution in [-0.2, 0) is 0 Å². The molecule has 1 aromatic heterocycles. The molecular weight excluding hydrogens is 312 g/mol.